The maximum atomic E-state index is 11.0. The Morgan fingerprint density at radius 1 is 1.29 bits per heavy atom. The van der Waals surface area contributed by atoms with E-state index in [-0.39, 0.29) is 10.5 Å². The number of rotatable bonds is 4. The van der Waals surface area contributed by atoms with Crippen LogP contribution in [-0.2, 0) is 4.79 Å². The molecule has 2 heteroatoms. The van der Waals surface area contributed by atoms with Crippen molar-refractivity contribution in [2.75, 3.05) is 0 Å². The molecule has 0 saturated carbocycles. The molecule has 0 aliphatic heterocycles. The molecular weight excluding hydrogens is 192 g/mol. The molecule has 76 valence electrons. The van der Waals surface area contributed by atoms with Crippen molar-refractivity contribution in [3.63, 3.8) is 0 Å². The molecule has 1 aromatic rings. The largest absolute Gasteiger partial charge is 0.300 e. The Balaban J connectivity index is 2.63. The summed E-state index contributed by atoms with van der Waals surface area (Å²) in [5.41, 5.74) is 0. The van der Waals surface area contributed by atoms with Crippen molar-refractivity contribution in [2.24, 2.45) is 0 Å². The molecule has 14 heavy (non-hydrogen) atoms. The van der Waals surface area contributed by atoms with Crippen LogP contribution in [0.5, 0.6) is 0 Å². The van der Waals surface area contributed by atoms with Gasteiger partial charge in [-0.3, -0.25) is 4.79 Å². The number of carbonyl (C=O) groups excluding carboxylic acids is 1. The Bertz CT molecular complexity index is 303. The summed E-state index contributed by atoms with van der Waals surface area (Å²) in [7, 11) is 0. The van der Waals surface area contributed by atoms with E-state index in [4.69, 9.17) is 0 Å². The SMILES string of the molecule is CC(=O)CC(C)(C)Sc1ccccc1. The standard InChI is InChI=1S/C12H16OS/c1-10(13)9-12(2,3)14-11-7-5-4-6-8-11/h4-8H,9H2,1-3H3. The Hall–Kier alpha value is -0.760. The molecule has 1 nitrogen and oxygen atoms in total. The van der Waals surface area contributed by atoms with Crippen molar-refractivity contribution in [3.8, 4) is 0 Å². The average molecular weight is 208 g/mol. The summed E-state index contributed by atoms with van der Waals surface area (Å²) in [5, 5.41) is 0. The van der Waals surface area contributed by atoms with Gasteiger partial charge in [-0.2, -0.15) is 0 Å². The second-order valence-corrected chi connectivity index (χ2v) is 5.83. The third kappa shape index (κ3) is 3.97. The first-order valence-electron chi connectivity index (χ1n) is 4.73. The van der Waals surface area contributed by atoms with Crippen molar-refractivity contribution >= 4 is 17.5 Å². The highest BCUT2D eigenvalue weighted by atomic mass is 32.2. The van der Waals surface area contributed by atoms with Gasteiger partial charge < -0.3 is 0 Å². The molecular formula is C12H16OS. The third-order valence-electron chi connectivity index (χ3n) is 1.81. The van der Waals surface area contributed by atoms with Crippen LogP contribution in [0.1, 0.15) is 27.2 Å². The minimum Gasteiger partial charge on any atom is -0.300 e. The van der Waals surface area contributed by atoms with Gasteiger partial charge in [0.25, 0.3) is 0 Å². The fourth-order valence-corrected chi connectivity index (χ4v) is 2.65. The van der Waals surface area contributed by atoms with E-state index in [0.717, 1.165) is 0 Å². The smallest absolute Gasteiger partial charge is 0.131 e. The minimum absolute atomic E-state index is 0.00676. The van der Waals surface area contributed by atoms with Crippen LogP contribution < -0.4 is 0 Å². The number of carbonyl (C=O) groups is 1. The van der Waals surface area contributed by atoms with Gasteiger partial charge in [0.1, 0.15) is 5.78 Å². The summed E-state index contributed by atoms with van der Waals surface area (Å²) in [6, 6.07) is 10.2. The van der Waals surface area contributed by atoms with Crippen LogP contribution in [0.2, 0.25) is 0 Å². The lowest BCUT2D eigenvalue weighted by molar-refractivity contribution is -0.117. The maximum Gasteiger partial charge on any atom is 0.131 e. The van der Waals surface area contributed by atoms with Crippen LogP contribution >= 0.6 is 11.8 Å². The molecule has 0 saturated heterocycles. The van der Waals surface area contributed by atoms with Gasteiger partial charge >= 0.3 is 0 Å². The van der Waals surface area contributed by atoms with Crippen LogP contribution in [0, 0.1) is 0 Å². The summed E-state index contributed by atoms with van der Waals surface area (Å²) >= 11 is 1.75. The van der Waals surface area contributed by atoms with Gasteiger partial charge in [-0.25, -0.2) is 0 Å². The van der Waals surface area contributed by atoms with Crippen LogP contribution in [0.15, 0.2) is 35.2 Å². The first-order valence-corrected chi connectivity index (χ1v) is 5.55. The molecule has 0 aliphatic carbocycles. The molecule has 0 radical (unpaired) electrons. The molecule has 0 heterocycles. The van der Waals surface area contributed by atoms with Crippen LogP contribution in [0.4, 0.5) is 0 Å². The highest BCUT2D eigenvalue weighted by Crippen LogP contribution is 2.34. The predicted octanol–water partition coefficient (Wildman–Crippen LogP) is 3.54. The molecule has 1 rings (SSSR count). The Morgan fingerprint density at radius 3 is 2.36 bits per heavy atom. The van der Waals surface area contributed by atoms with E-state index in [9.17, 15) is 4.79 Å². The average Bonchev–Trinajstić information content (AvgIpc) is 2.02. The van der Waals surface area contributed by atoms with E-state index in [0.29, 0.717) is 6.42 Å². The van der Waals surface area contributed by atoms with Crippen LogP contribution in [0.3, 0.4) is 0 Å². The molecule has 0 spiro atoms. The Morgan fingerprint density at radius 2 is 1.86 bits per heavy atom. The quantitative estimate of drug-likeness (QED) is 0.704. The van der Waals surface area contributed by atoms with Crippen LogP contribution in [-0.4, -0.2) is 10.5 Å². The summed E-state index contributed by atoms with van der Waals surface area (Å²) < 4.78 is -0.00676. The molecule has 0 aliphatic rings. The molecule has 0 atom stereocenters. The third-order valence-corrected chi connectivity index (χ3v) is 3.02. The molecule has 1 aromatic carbocycles. The predicted molar refractivity (Wildman–Crippen MR) is 61.7 cm³/mol. The van der Waals surface area contributed by atoms with Crippen molar-refractivity contribution in [2.45, 2.75) is 36.8 Å². The molecule has 0 unspecified atom stereocenters. The van der Waals surface area contributed by atoms with Crippen molar-refractivity contribution < 1.29 is 4.79 Å². The van der Waals surface area contributed by atoms with Crippen LogP contribution in [0.25, 0.3) is 0 Å². The fourth-order valence-electron chi connectivity index (χ4n) is 1.44. The Labute approximate surface area is 89.9 Å². The Kier molecular flexibility index (Phi) is 3.76. The molecule has 0 fully saturated rings. The van der Waals surface area contributed by atoms with E-state index in [1.165, 1.54) is 4.90 Å². The van der Waals surface area contributed by atoms with E-state index in [1.54, 1.807) is 18.7 Å². The van der Waals surface area contributed by atoms with Gasteiger partial charge in [0.05, 0.1) is 0 Å². The summed E-state index contributed by atoms with van der Waals surface area (Å²) in [6.45, 7) is 5.85. The molecule has 0 amide bonds. The topological polar surface area (TPSA) is 17.1 Å². The lowest BCUT2D eigenvalue weighted by Crippen LogP contribution is -2.18. The lowest BCUT2D eigenvalue weighted by Gasteiger charge is -2.22. The maximum absolute atomic E-state index is 11.0. The second-order valence-electron chi connectivity index (χ2n) is 4.05. The highest BCUT2D eigenvalue weighted by molar-refractivity contribution is 8.00. The zero-order valence-electron chi connectivity index (χ0n) is 8.91. The number of Topliss-reactive ketones (excluding diaryl/α,β-unsaturated/α-hetero) is 1. The van der Waals surface area contributed by atoms with Gasteiger partial charge in [-0.05, 0) is 32.9 Å². The lowest BCUT2D eigenvalue weighted by atomic mass is 10.1. The van der Waals surface area contributed by atoms with E-state index >= 15 is 0 Å². The van der Waals surface area contributed by atoms with Crippen molar-refractivity contribution in [1.82, 2.24) is 0 Å². The van der Waals surface area contributed by atoms with E-state index in [1.807, 2.05) is 18.2 Å². The molecule has 0 aromatic heterocycles. The summed E-state index contributed by atoms with van der Waals surface area (Å²) in [4.78, 5) is 12.3. The second kappa shape index (κ2) is 4.65. The zero-order valence-corrected chi connectivity index (χ0v) is 9.73. The number of thioether (sulfide) groups is 1. The van der Waals surface area contributed by atoms with Crippen molar-refractivity contribution in [3.05, 3.63) is 30.3 Å². The van der Waals surface area contributed by atoms with Gasteiger partial charge in [0, 0.05) is 16.1 Å². The first kappa shape index (κ1) is 11.3. The first-order chi connectivity index (χ1) is 6.49. The number of ketones is 1. The van der Waals surface area contributed by atoms with Gasteiger partial charge in [0.15, 0.2) is 0 Å². The van der Waals surface area contributed by atoms with Gasteiger partial charge in [0.2, 0.25) is 0 Å². The normalized spacial score (nSPS) is 11.4. The number of hydrogen-bond acceptors (Lipinski definition) is 2. The number of benzene rings is 1. The summed E-state index contributed by atoms with van der Waals surface area (Å²) in [5.74, 6) is 0.249. The van der Waals surface area contributed by atoms with E-state index in [2.05, 4.69) is 26.0 Å². The molecule has 0 bridgehead atoms. The van der Waals surface area contributed by atoms with E-state index < -0.39 is 0 Å². The molecule has 0 N–H and O–H groups in total. The van der Waals surface area contributed by atoms with Gasteiger partial charge in [-0.15, -0.1) is 11.8 Å². The van der Waals surface area contributed by atoms with Gasteiger partial charge in [-0.1, -0.05) is 18.2 Å². The number of hydrogen-bond donors (Lipinski definition) is 0. The summed E-state index contributed by atoms with van der Waals surface area (Å²) in [6.07, 6.45) is 0.618. The fraction of sp³-hybridized carbons (Fsp3) is 0.417. The monoisotopic (exact) mass is 208 g/mol. The van der Waals surface area contributed by atoms with Crippen molar-refractivity contribution in [1.29, 1.82) is 0 Å². The minimum atomic E-state index is -0.00676. The zero-order chi connectivity index (χ0) is 10.6. The highest BCUT2D eigenvalue weighted by Gasteiger charge is 2.21.